The summed E-state index contributed by atoms with van der Waals surface area (Å²) in [6, 6.07) is 6.44. The molecule has 0 fully saturated rings. The Morgan fingerprint density at radius 3 is 2.75 bits per heavy atom. The van der Waals surface area contributed by atoms with E-state index in [4.69, 9.17) is 16.7 Å². The third kappa shape index (κ3) is 2.06. The van der Waals surface area contributed by atoms with Gasteiger partial charge in [-0.25, -0.2) is 9.10 Å². The SMILES string of the molecule is O=C(O)N(S)c1cccc(Cl)c1. The minimum absolute atomic E-state index is 0.429. The lowest BCUT2D eigenvalue weighted by Gasteiger charge is -2.10. The third-order valence-corrected chi connectivity index (χ3v) is 1.87. The number of carbonyl (C=O) groups is 1. The van der Waals surface area contributed by atoms with Crippen LogP contribution in [0.2, 0.25) is 5.02 Å². The molecule has 0 bridgehead atoms. The lowest BCUT2D eigenvalue weighted by molar-refractivity contribution is 0.206. The first-order valence-electron chi connectivity index (χ1n) is 3.09. The zero-order valence-corrected chi connectivity index (χ0v) is 7.59. The fourth-order valence-electron chi connectivity index (χ4n) is 0.718. The number of anilines is 1. The predicted octanol–water partition coefficient (Wildman–Crippen LogP) is 2.67. The molecule has 0 aliphatic heterocycles. The van der Waals surface area contributed by atoms with E-state index in [1.807, 2.05) is 0 Å². The second kappa shape index (κ2) is 3.69. The maximum absolute atomic E-state index is 10.4. The van der Waals surface area contributed by atoms with Crippen LogP contribution in [0.5, 0.6) is 0 Å². The number of halogens is 1. The van der Waals surface area contributed by atoms with Crippen molar-refractivity contribution in [2.45, 2.75) is 0 Å². The van der Waals surface area contributed by atoms with Gasteiger partial charge in [0.1, 0.15) is 0 Å². The molecule has 5 heteroatoms. The van der Waals surface area contributed by atoms with Crippen molar-refractivity contribution in [2.75, 3.05) is 4.31 Å². The van der Waals surface area contributed by atoms with E-state index in [9.17, 15) is 4.79 Å². The van der Waals surface area contributed by atoms with Crippen LogP contribution >= 0.6 is 24.4 Å². The zero-order chi connectivity index (χ0) is 9.14. The van der Waals surface area contributed by atoms with Crippen LogP contribution in [0.1, 0.15) is 0 Å². The molecule has 0 aromatic heterocycles. The Bertz CT molecular complexity index is 305. The highest BCUT2D eigenvalue weighted by Gasteiger charge is 2.08. The Morgan fingerprint density at radius 2 is 2.25 bits per heavy atom. The quantitative estimate of drug-likeness (QED) is 0.689. The van der Waals surface area contributed by atoms with Crippen LogP contribution in [0.4, 0.5) is 10.5 Å². The number of thiol groups is 1. The molecule has 64 valence electrons. The van der Waals surface area contributed by atoms with Crippen molar-refractivity contribution >= 4 is 36.2 Å². The molecule has 0 atom stereocenters. The summed E-state index contributed by atoms with van der Waals surface area (Å²) in [7, 11) is 0. The topological polar surface area (TPSA) is 40.5 Å². The Morgan fingerprint density at radius 1 is 1.58 bits per heavy atom. The van der Waals surface area contributed by atoms with E-state index in [1.165, 1.54) is 6.07 Å². The summed E-state index contributed by atoms with van der Waals surface area (Å²) in [5, 5.41) is 9.01. The number of carboxylic acid groups (broad SMARTS) is 1. The number of benzene rings is 1. The molecule has 1 aromatic rings. The molecule has 1 amide bonds. The summed E-state index contributed by atoms with van der Waals surface area (Å²) in [6.45, 7) is 0. The summed E-state index contributed by atoms with van der Waals surface area (Å²) < 4.78 is 0.797. The van der Waals surface area contributed by atoms with E-state index in [2.05, 4.69) is 12.8 Å². The molecule has 0 spiro atoms. The van der Waals surface area contributed by atoms with E-state index in [1.54, 1.807) is 18.2 Å². The van der Waals surface area contributed by atoms with Crippen LogP contribution in [-0.2, 0) is 0 Å². The highest BCUT2D eigenvalue weighted by Crippen LogP contribution is 2.20. The first-order valence-corrected chi connectivity index (χ1v) is 3.86. The summed E-state index contributed by atoms with van der Waals surface area (Å²) in [5.74, 6) is 0. The van der Waals surface area contributed by atoms with E-state index in [0.29, 0.717) is 10.7 Å². The molecular weight excluding hydrogens is 198 g/mol. The largest absolute Gasteiger partial charge is 0.464 e. The van der Waals surface area contributed by atoms with Gasteiger partial charge in [0.2, 0.25) is 0 Å². The first kappa shape index (κ1) is 9.22. The van der Waals surface area contributed by atoms with Crippen LogP contribution in [0.25, 0.3) is 0 Å². The Balaban J connectivity index is 2.95. The van der Waals surface area contributed by atoms with Crippen LogP contribution < -0.4 is 4.31 Å². The van der Waals surface area contributed by atoms with Crippen molar-refractivity contribution in [3.63, 3.8) is 0 Å². The molecule has 1 aromatic carbocycles. The summed E-state index contributed by atoms with van der Waals surface area (Å²) >= 11 is 9.38. The Labute approximate surface area is 80.1 Å². The Hall–Kier alpha value is -0.870. The van der Waals surface area contributed by atoms with Gasteiger partial charge < -0.3 is 5.11 Å². The van der Waals surface area contributed by atoms with Gasteiger partial charge in [-0.2, -0.15) is 0 Å². The molecule has 0 radical (unpaired) electrons. The maximum atomic E-state index is 10.4. The highest BCUT2D eigenvalue weighted by molar-refractivity contribution is 7.82. The molecule has 0 saturated carbocycles. The Kier molecular flexibility index (Phi) is 2.83. The van der Waals surface area contributed by atoms with E-state index >= 15 is 0 Å². The van der Waals surface area contributed by atoms with Gasteiger partial charge in [-0.3, -0.25) is 0 Å². The van der Waals surface area contributed by atoms with Gasteiger partial charge in [0.05, 0.1) is 5.69 Å². The molecule has 0 aliphatic carbocycles. The third-order valence-electron chi connectivity index (χ3n) is 1.23. The molecule has 1 rings (SSSR count). The van der Waals surface area contributed by atoms with Gasteiger partial charge in [-0.1, -0.05) is 30.5 Å². The first-order chi connectivity index (χ1) is 5.61. The van der Waals surface area contributed by atoms with E-state index < -0.39 is 6.09 Å². The fourth-order valence-corrected chi connectivity index (χ4v) is 1.03. The summed E-state index contributed by atoms with van der Waals surface area (Å²) in [5.41, 5.74) is 0.429. The summed E-state index contributed by atoms with van der Waals surface area (Å²) in [6.07, 6.45) is -1.14. The monoisotopic (exact) mass is 203 g/mol. The van der Waals surface area contributed by atoms with Crippen molar-refractivity contribution in [1.82, 2.24) is 0 Å². The summed E-state index contributed by atoms with van der Waals surface area (Å²) in [4.78, 5) is 10.4. The molecule has 0 unspecified atom stereocenters. The number of rotatable bonds is 1. The average molecular weight is 204 g/mol. The zero-order valence-electron chi connectivity index (χ0n) is 5.94. The average Bonchev–Trinajstić information content (AvgIpc) is 2.03. The molecular formula is C7H6ClNO2S. The van der Waals surface area contributed by atoms with Gasteiger partial charge in [-0.15, -0.1) is 0 Å². The molecule has 12 heavy (non-hydrogen) atoms. The van der Waals surface area contributed by atoms with Crippen molar-refractivity contribution < 1.29 is 9.90 Å². The minimum atomic E-state index is -1.14. The van der Waals surface area contributed by atoms with Crippen molar-refractivity contribution in [3.8, 4) is 0 Å². The van der Waals surface area contributed by atoms with Gasteiger partial charge >= 0.3 is 6.09 Å². The predicted molar refractivity (Wildman–Crippen MR) is 50.9 cm³/mol. The van der Waals surface area contributed by atoms with Gasteiger partial charge in [-0.05, 0) is 18.2 Å². The van der Waals surface area contributed by atoms with Crippen molar-refractivity contribution in [2.24, 2.45) is 0 Å². The van der Waals surface area contributed by atoms with Crippen LogP contribution in [0.3, 0.4) is 0 Å². The minimum Gasteiger partial charge on any atom is -0.464 e. The maximum Gasteiger partial charge on any atom is 0.421 e. The fraction of sp³-hybridized carbons (Fsp3) is 0. The van der Waals surface area contributed by atoms with E-state index in [-0.39, 0.29) is 0 Å². The number of amides is 1. The second-order valence-corrected chi connectivity index (χ2v) is 2.91. The molecule has 0 heterocycles. The molecule has 3 nitrogen and oxygen atoms in total. The number of hydrogen-bond acceptors (Lipinski definition) is 2. The van der Waals surface area contributed by atoms with Gasteiger partial charge in [0.15, 0.2) is 0 Å². The smallest absolute Gasteiger partial charge is 0.421 e. The van der Waals surface area contributed by atoms with Crippen LogP contribution in [0.15, 0.2) is 24.3 Å². The van der Waals surface area contributed by atoms with Crippen LogP contribution in [-0.4, -0.2) is 11.2 Å². The normalized spacial score (nSPS) is 9.50. The molecule has 0 saturated heterocycles. The number of nitrogens with zero attached hydrogens (tertiary/aromatic N) is 1. The molecule has 1 N–H and O–H groups in total. The number of hydrogen-bond donors (Lipinski definition) is 2. The lowest BCUT2D eigenvalue weighted by atomic mass is 10.3. The van der Waals surface area contributed by atoms with Gasteiger partial charge in [0, 0.05) is 5.02 Å². The van der Waals surface area contributed by atoms with Gasteiger partial charge in [0.25, 0.3) is 0 Å². The highest BCUT2D eigenvalue weighted by atomic mass is 35.5. The van der Waals surface area contributed by atoms with Crippen LogP contribution in [0, 0.1) is 0 Å². The van der Waals surface area contributed by atoms with E-state index in [0.717, 1.165) is 4.31 Å². The molecule has 0 aliphatic rings. The van der Waals surface area contributed by atoms with Crippen molar-refractivity contribution in [1.29, 1.82) is 0 Å². The lowest BCUT2D eigenvalue weighted by Crippen LogP contribution is -2.17. The van der Waals surface area contributed by atoms with Crippen molar-refractivity contribution in [3.05, 3.63) is 29.3 Å². The second-order valence-electron chi connectivity index (χ2n) is 2.07. The standard InChI is InChI=1S/C7H6ClNO2S/c8-5-2-1-3-6(4-5)9(12)7(10)11/h1-4,12H,(H,10,11).